The van der Waals surface area contributed by atoms with Crippen molar-refractivity contribution in [1.82, 2.24) is 10.9 Å². The molecular formula is C13H16N2O5. The number of methoxy groups -OCH3 is 1. The van der Waals surface area contributed by atoms with Crippen molar-refractivity contribution in [2.75, 3.05) is 7.11 Å². The van der Waals surface area contributed by atoms with Gasteiger partial charge in [0, 0.05) is 18.4 Å². The van der Waals surface area contributed by atoms with E-state index in [2.05, 4.69) is 10.9 Å². The van der Waals surface area contributed by atoms with Crippen LogP contribution in [0, 0.1) is 0 Å². The van der Waals surface area contributed by atoms with E-state index in [1.807, 2.05) is 0 Å². The molecule has 0 saturated heterocycles. The molecule has 0 aliphatic heterocycles. The van der Waals surface area contributed by atoms with E-state index in [4.69, 9.17) is 9.84 Å². The van der Waals surface area contributed by atoms with Gasteiger partial charge in [-0.2, -0.15) is 0 Å². The number of benzene rings is 1. The first-order valence-corrected chi connectivity index (χ1v) is 5.98. The van der Waals surface area contributed by atoms with Crippen LogP contribution in [0.4, 0.5) is 0 Å². The van der Waals surface area contributed by atoms with E-state index < -0.39 is 17.8 Å². The van der Waals surface area contributed by atoms with Gasteiger partial charge < -0.3 is 9.84 Å². The average Bonchev–Trinajstić information content (AvgIpc) is 2.44. The van der Waals surface area contributed by atoms with Gasteiger partial charge in [-0.05, 0) is 30.7 Å². The number of hydrogen-bond donors (Lipinski definition) is 3. The topological polar surface area (TPSA) is 105 Å². The Labute approximate surface area is 115 Å². The van der Waals surface area contributed by atoms with Crippen LogP contribution in [0.1, 0.15) is 29.6 Å². The summed E-state index contributed by atoms with van der Waals surface area (Å²) >= 11 is 0. The number of carboxylic acid groups (broad SMARTS) is 1. The van der Waals surface area contributed by atoms with E-state index in [9.17, 15) is 14.4 Å². The average molecular weight is 280 g/mol. The van der Waals surface area contributed by atoms with Gasteiger partial charge in [0.2, 0.25) is 5.91 Å². The predicted molar refractivity (Wildman–Crippen MR) is 70.1 cm³/mol. The standard InChI is InChI=1S/C13H16N2O5/c1-20-10-7-5-9(6-8-10)13(19)15-14-11(16)3-2-4-12(17)18/h5-8H,2-4H2,1H3,(H,14,16)(H,15,19)(H,17,18). The normalized spacial score (nSPS) is 9.65. The van der Waals surface area contributed by atoms with Crippen molar-refractivity contribution >= 4 is 17.8 Å². The van der Waals surface area contributed by atoms with Crippen molar-refractivity contribution in [2.24, 2.45) is 0 Å². The minimum Gasteiger partial charge on any atom is -0.497 e. The van der Waals surface area contributed by atoms with Crippen LogP contribution >= 0.6 is 0 Å². The van der Waals surface area contributed by atoms with Gasteiger partial charge in [0.25, 0.3) is 5.91 Å². The lowest BCUT2D eigenvalue weighted by molar-refractivity contribution is -0.137. The molecule has 0 heterocycles. The second-order valence-corrected chi connectivity index (χ2v) is 3.98. The Kier molecular flexibility index (Phi) is 6.02. The van der Waals surface area contributed by atoms with Crippen LogP contribution < -0.4 is 15.6 Å². The maximum atomic E-state index is 11.7. The van der Waals surface area contributed by atoms with Crippen LogP contribution in [0.3, 0.4) is 0 Å². The van der Waals surface area contributed by atoms with Crippen molar-refractivity contribution in [1.29, 1.82) is 0 Å². The molecule has 0 fully saturated rings. The Morgan fingerprint density at radius 2 is 1.75 bits per heavy atom. The maximum absolute atomic E-state index is 11.7. The number of carbonyl (C=O) groups excluding carboxylic acids is 2. The molecule has 3 N–H and O–H groups in total. The summed E-state index contributed by atoms with van der Waals surface area (Å²) in [6, 6.07) is 6.38. The molecule has 0 unspecified atom stereocenters. The molecule has 7 heteroatoms. The third kappa shape index (κ3) is 5.38. The largest absolute Gasteiger partial charge is 0.497 e. The van der Waals surface area contributed by atoms with Crippen molar-refractivity contribution < 1.29 is 24.2 Å². The van der Waals surface area contributed by atoms with Gasteiger partial charge >= 0.3 is 5.97 Å². The Morgan fingerprint density at radius 1 is 1.10 bits per heavy atom. The van der Waals surface area contributed by atoms with E-state index in [-0.39, 0.29) is 19.3 Å². The fourth-order valence-electron chi connectivity index (χ4n) is 1.40. The highest BCUT2D eigenvalue weighted by Crippen LogP contribution is 2.10. The molecule has 108 valence electrons. The monoisotopic (exact) mass is 280 g/mol. The molecule has 1 aromatic carbocycles. The molecule has 1 aromatic rings. The molecule has 0 aliphatic carbocycles. The zero-order chi connectivity index (χ0) is 15.0. The number of hydrogen-bond acceptors (Lipinski definition) is 4. The highest BCUT2D eigenvalue weighted by Gasteiger charge is 2.08. The molecule has 0 spiro atoms. The van der Waals surface area contributed by atoms with Crippen molar-refractivity contribution in [3.8, 4) is 5.75 Å². The molecule has 0 atom stereocenters. The highest BCUT2D eigenvalue weighted by molar-refractivity contribution is 5.95. The Morgan fingerprint density at radius 3 is 2.30 bits per heavy atom. The maximum Gasteiger partial charge on any atom is 0.303 e. The minimum absolute atomic E-state index is 0.0369. The van der Waals surface area contributed by atoms with Gasteiger partial charge in [-0.15, -0.1) is 0 Å². The molecule has 0 aliphatic rings. The minimum atomic E-state index is -0.958. The van der Waals surface area contributed by atoms with Crippen molar-refractivity contribution in [3.05, 3.63) is 29.8 Å². The highest BCUT2D eigenvalue weighted by atomic mass is 16.5. The molecule has 0 aromatic heterocycles. The number of carboxylic acids is 1. The first kappa shape index (κ1) is 15.5. The van der Waals surface area contributed by atoms with Gasteiger partial charge in [0.1, 0.15) is 5.75 Å². The van der Waals surface area contributed by atoms with E-state index in [1.165, 1.54) is 7.11 Å². The number of carbonyl (C=O) groups is 3. The summed E-state index contributed by atoms with van der Waals surface area (Å²) in [5, 5.41) is 8.42. The Balaban J connectivity index is 2.34. The summed E-state index contributed by atoms with van der Waals surface area (Å²) < 4.78 is 4.96. The number of aliphatic carboxylic acids is 1. The molecule has 7 nitrogen and oxygen atoms in total. The molecule has 1 rings (SSSR count). The summed E-state index contributed by atoms with van der Waals surface area (Å²) in [5.74, 6) is -1.23. The van der Waals surface area contributed by atoms with Crippen LogP contribution in [0.2, 0.25) is 0 Å². The summed E-state index contributed by atoms with van der Waals surface area (Å²) in [5.41, 5.74) is 4.84. The van der Waals surface area contributed by atoms with Crippen molar-refractivity contribution in [2.45, 2.75) is 19.3 Å². The molecule has 0 bridgehead atoms. The van der Waals surface area contributed by atoms with E-state index >= 15 is 0 Å². The molecule has 2 amide bonds. The summed E-state index contributed by atoms with van der Waals surface area (Å²) in [7, 11) is 1.52. The van der Waals surface area contributed by atoms with Gasteiger partial charge in [-0.25, -0.2) is 0 Å². The number of amides is 2. The Bertz CT molecular complexity index is 484. The van der Waals surface area contributed by atoms with Crippen LogP contribution in [-0.4, -0.2) is 30.0 Å². The number of ether oxygens (including phenoxy) is 1. The van der Waals surface area contributed by atoms with E-state index in [0.717, 1.165) is 0 Å². The zero-order valence-electron chi connectivity index (χ0n) is 11.0. The second kappa shape index (κ2) is 7.78. The molecule has 20 heavy (non-hydrogen) atoms. The van der Waals surface area contributed by atoms with Crippen LogP contribution in [0.5, 0.6) is 5.75 Å². The zero-order valence-corrected chi connectivity index (χ0v) is 11.0. The van der Waals surface area contributed by atoms with Gasteiger partial charge in [-0.1, -0.05) is 0 Å². The predicted octanol–water partition coefficient (Wildman–Crippen LogP) is 0.711. The SMILES string of the molecule is COc1ccc(C(=O)NNC(=O)CCCC(=O)O)cc1. The van der Waals surface area contributed by atoms with Crippen LogP contribution in [0.25, 0.3) is 0 Å². The lowest BCUT2D eigenvalue weighted by atomic mass is 10.2. The summed E-state index contributed by atoms with van der Waals surface area (Å²) in [4.78, 5) is 33.3. The first-order chi connectivity index (χ1) is 9.52. The van der Waals surface area contributed by atoms with Gasteiger partial charge in [-0.3, -0.25) is 25.2 Å². The van der Waals surface area contributed by atoms with Gasteiger partial charge in [0.15, 0.2) is 0 Å². The number of rotatable bonds is 6. The van der Waals surface area contributed by atoms with E-state index in [0.29, 0.717) is 11.3 Å². The third-order valence-corrected chi connectivity index (χ3v) is 2.46. The number of hydrazine groups is 1. The fraction of sp³-hybridized carbons (Fsp3) is 0.308. The quantitative estimate of drug-likeness (QED) is 0.666. The molecular weight excluding hydrogens is 264 g/mol. The lowest BCUT2D eigenvalue weighted by Crippen LogP contribution is -2.41. The lowest BCUT2D eigenvalue weighted by Gasteiger charge is -2.07. The number of nitrogens with one attached hydrogen (secondary N) is 2. The van der Waals surface area contributed by atoms with Gasteiger partial charge in [0.05, 0.1) is 7.11 Å². The summed E-state index contributed by atoms with van der Waals surface area (Å²) in [6.45, 7) is 0. The van der Waals surface area contributed by atoms with Crippen LogP contribution in [0.15, 0.2) is 24.3 Å². The third-order valence-electron chi connectivity index (χ3n) is 2.46. The Hall–Kier alpha value is -2.57. The van der Waals surface area contributed by atoms with Crippen LogP contribution in [-0.2, 0) is 9.59 Å². The smallest absolute Gasteiger partial charge is 0.303 e. The van der Waals surface area contributed by atoms with E-state index in [1.54, 1.807) is 24.3 Å². The van der Waals surface area contributed by atoms with Crippen molar-refractivity contribution in [3.63, 3.8) is 0 Å². The second-order valence-electron chi connectivity index (χ2n) is 3.98. The fourth-order valence-corrected chi connectivity index (χ4v) is 1.40. The molecule has 0 saturated carbocycles. The first-order valence-electron chi connectivity index (χ1n) is 5.98. The molecule has 0 radical (unpaired) electrons. The summed E-state index contributed by atoms with van der Waals surface area (Å²) in [6.07, 6.45) is 0.175.